The first-order valence-electron chi connectivity index (χ1n) is 6.24. The first kappa shape index (κ1) is 12.6. The second kappa shape index (κ2) is 6.21. The molecule has 0 aromatic heterocycles. The summed E-state index contributed by atoms with van der Waals surface area (Å²) in [7, 11) is 0. The number of hydrogen-bond donors (Lipinski definition) is 3. The second-order valence-corrected chi connectivity index (χ2v) is 4.39. The van der Waals surface area contributed by atoms with Crippen molar-refractivity contribution in [2.45, 2.75) is 25.5 Å². The van der Waals surface area contributed by atoms with Crippen LogP contribution >= 0.6 is 0 Å². The van der Waals surface area contributed by atoms with E-state index in [9.17, 15) is 0 Å². The van der Waals surface area contributed by atoms with Gasteiger partial charge in [0.15, 0.2) is 0 Å². The molecule has 4 heteroatoms. The number of allylic oxidation sites excluding steroid dienone is 1. The van der Waals surface area contributed by atoms with Crippen LogP contribution in [0.25, 0.3) is 5.57 Å². The van der Waals surface area contributed by atoms with E-state index in [1.54, 1.807) is 0 Å². The fourth-order valence-electron chi connectivity index (χ4n) is 1.94. The van der Waals surface area contributed by atoms with Gasteiger partial charge in [0.2, 0.25) is 0 Å². The monoisotopic (exact) mass is 245 g/mol. The molecule has 1 aliphatic rings. The molecule has 1 atom stereocenters. The van der Waals surface area contributed by atoms with Gasteiger partial charge in [-0.3, -0.25) is 0 Å². The van der Waals surface area contributed by atoms with Gasteiger partial charge in [0.05, 0.1) is 0 Å². The van der Waals surface area contributed by atoms with Crippen molar-refractivity contribution in [1.29, 1.82) is 5.41 Å². The van der Waals surface area contributed by atoms with Gasteiger partial charge in [0.1, 0.15) is 6.23 Å². The molecule has 0 amide bonds. The van der Waals surface area contributed by atoms with Gasteiger partial charge in [-0.25, -0.2) is 0 Å². The van der Waals surface area contributed by atoms with Crippen molar-refractivity contribution >= 4 is 17.5 Å². The van der Waals surface area contributed by atoms with E-state index < -0.39 is 0 Å². The van der Waals surface area contributed by atoms with Crippen LogP contribution in [-0.2, 0) is 4.74 Å². The lowest BCUT2D eigenvalue weighted by atomic mass is 10.1. The van der Waals surface area contributed by atoms with Crippen molar-refractivity contribution in [2.24, 2.45) is 0 Å². The first-order valence-corrected chi connectivity index (χ1v) is 6.24. The second-order valence-electron chi connectivity index (χ2n) is 4.39. The van der Waals surface area contributed by atoms with Crippen LogP contribution in [-0.4, -0.2) is 19.0 Å². The maximum absolute atomic E-state index is 7.46. The molecule has 1 aromatic carbocycles. The molecule has 96 valence electrons. The molecule has 1 aromatic rings. The third kappa shape index (κ3) is 3.34. The van der Waals surface area contributed by atoms with Gasteiger partial charge in [0.25, 0.3) is 0 Å². The normalized spacial score (nSPS) is 20.4. The number of rotatable bonds is 4. The molecule has 0 radical (unpaired) electrons. The van der Waals surface area contributed by atoms with E-state index in [2.05, 4.69) is 5.32 Å². The predicted molar refractivity (Wildman–Crippen MR) is 74.3 cm³/mol. The van der Waals surface area contributed by atoms with Crippen LogP contribution in [0.4, 0.5) is 5.69 Å². The van der Waals surface area contributed by atoms with Gasteiger partial charge in [-0.05, 0) is 37.0 Å². The van der Waals surface area contributed by atoms with Crippen LogP contribution < -0.4 is 11.1 Å². The third-order valence-corrected chi connectivity index (χ3v) is 3.00. The minimum atomic E-state index is 0.0717. The Labute approximate surface area is 107 Å². The first-order chi connectivity index (χ1) is 8.79. The summed E-state index contributed by atoms with van der Waals surface area (Å²) in [6.45, 7) is 0.813. The van der Waals surface area contributed by atoms with E-state index in [4.69, 9.17) is 15.9 Å². The SMILES string of the molecule is N=C/C(=C\NC1CCCCO1)c1ccc(N)cc1. The summed E-state index contributed by atoms with van der Waals surface area (Å²) in [6, 6.07) is 7.50. The third-order valence-electron chi connectivity index (χ3n) is 3.00. The Morgan fingerprint density at radius 3 is 2.72 bits per heavy atom. The summed E-state index contributed by atoms with van der Waals surface area (Å²) in [5, 5.41) is 10.7. The number of nitrogen functional groups attached to an aromatic ring is 1. The Morgan fingerprint density at radius 1 is 1.33 bits per heavy atom. The smallest absolute Gasteiger partial charge is 0.127 e. The molecular formula is C14H19N3O. The molecule has 4 nitrogen and oxygen atoms in total. The predicted octanol–water partition coefficient (Wildman–Crippen LogP) is 2.38. The van der Waals surface area contributed by atoms with E-state index in [1.165, 1.54) is 12.6 Å². The van der Waals surface area contributed by atoms with E-state index >= 15 is 0 Å². The summed E-state index contributed by atoms with van der Waals surface area (Å²) in [4.78, 5) is 0. The van der Waals surface area contributed by atoms with Gasteiger partial charge in [-0.1, -0.05) is 12.1 Å². The average molecular weight is 245 g/mol. The fraction of sp³-hybridized carbons (Fsp3) is 0.357. The highest BCUT2D eigenvalue weighted by Gasteiger charge is 2.11. The fourth-order valence-corrected chi connectivity index (χ4v) is 1.94. The zero-order chi connectivity index (χ0) is 12.8. The molecular weight excluding hydrogens is 226 g/mol. The zero-order valence-electron chi connectivity index (χ0n) is 10.4. The van der Waals surface area contributed by atoms with Crippen LogP contribution in [0.15, 0.2) is 30.5 Å². The lowest BCUT2D eigenvalue weighted by Gasteiger charge is -2.23. The van der Waals surface area contributed by atoms with Crippen LogP contribution in [0.5, 0.6) is 0 Å². The molecule has 0 spiro atoms. The minimum Gasteiger partial charge on any atom is -0.399 e. The lowest BCUT2D eigenvalue weighted by molar-refractivity contribution is 0.00348. The van der Waals surface area contributed by atoms with Crippen molar-refractivity contribution in [3.05, 3.63) is 36.0 Å². The Kier molecular flexibility index (Phi) is 4.36. The average Bonchev–Trinajstić information content (AvgIpc) is 2.42. The zero-order valence-corrected chi connectivity index (χ0v) is 10.4. The molecule has 1 aliphatic heterocycles. The Hall–Kier alpha value is -1.81. The van der Waals surface area contributed by atoms with Crippen molar-refractivity contribution in [2.75, 3.05) is 12.3 Å². The Morgan fingerprint density at radius 2 is 2.11 bits per heavy atom. The molecule has 0 bridgehead atoms. The number of benzene rings is 1. The summed E-state index contributed by atoms with van der Waals surface area (Å²) >= 11 is 0. The van der Waals surface area contributed by atoms with E-state index in [0.29, 0.717) is 0 Å². The standard InChI is InChI=1S/C14H19N3O/c15-9-12(11-4-6-13(16)7-5-11)10-17-14-3-1-2-8-18-14/h4-7,9-10,14-15,17H,1-3,8,16H2/b12-10+,15-9?. The van der Waals surface area contributed by atoms with Crippen molar-refractivity contribution in [1.82, 2.24) is 5.32 Å². The van der Waals surface area contributed by atoms with Crippen LogP contribution in [0, 0.1) is 5.41 Å². The van der Waals surface area contributed by atoms with Crippen molar-refractivity contribution < 1.29 is 4.74 Å². The summed E-state index contributed by atoms with van der Waals surface area (Å²) in [5.41, 5.74) is 8.17. The molecule has 18 heavy (non-hydrogen) atoms. The lowest BCUT2D eigenvalue weighted by Crippen LogP contribution is -2.31. The van der Waals surface area contributed by atoms with Gasteiger partial charge < -0.3 is 21.2 Å². The summed E-state index contributed by atoms with van der Waals surface area (Å²) in [6.07, 6.45) is 6.59. The topological polar surface area (TPSA) is 71.1 Å². The summed E-state index contributed by atoms with van der Waals surface area (Å²) < 4.78 is 5.58. The number of ether oxygens (including phenoxy) is 1. The van der Waals surface area contributed by atoms with E-state index in [1.807, 2.05) is 30.5 Å². The van der Waals surface area contributed by atoms with Gasteiger partial charge in [-0.15, -0.1) is 0 Å². The van der Waals surface area contributed by atoms with E-state index in [-0.39, 0.29) is 6.23 Å². The minimum absolute atomic E-state index is 0.0717. The molecule has 1 unspecified atom stereocenters. The molecule has 0 aliphatic carbocycles. The molecule has 1 fully saturated rings. The molecule has 2 rings (SSSR count). The highest BCUT2D eigenvalue weighted by molar-refractivity contribution is 6.08. The molecule has 0 saturated carbocycles. The van der Waals surface area contributed by atoms with Crippen molar-refractivity contribution in [3.63, 3.8) is 0 Å². The number of nitrogens with two attached hydrogens (primary N) is 1. The Bertz CT molecular complexity index is 419. The highest BCUT2D eigenvalue weighted by atomic mass is 16.5. The molecule has 4 N–H and O–H groups in total. The quantitative estimate of drug-likeness (QED) is 0.563. The van der Waals surface area contributed by atoms with Gasteiger partial charge in [0, 0.05) is 30.3 Å². The van der Waals surface area contributed by atoms with Gasteiger partial charge >= 0.3 is 0 Å². The number of hydrogen-bond acceptors (Lipinski definition) is 4. The Balaban J connectivity index is 2.03. The number of nitrogens with one attached hydrogen (secondary N) is 2. The number of anilines is 1. The van der Waals surface area contributed by atoms with Gasteiger partial charge in [-0.2, -0.15) is 0 Å². The maximum atomic E-state index is 7.46. The van der Waals surface area contributed by atoms with Crippen molar-refractivity contribution in [3.8, 4) is 0 Å². The van der Waals surface area contributed by atoms with Crippen LogP contribution in [0.1, 0.15) is 24.8 Å². The largest absolute Gasteiger partial charge is 0.399 e. The maximum Gasteiger partial charge on any atom is 0.127 e. The summed E-state index contributed by atoms with van der Waals surface area (Å²) in [5.74, 6) is 0. The van der Waals surface area contributed by atoms with E-state index in [0.717, 1.165) is 36.3 Å². The molecule has 1 saturated heterocycles. The highest BCUT2D eigenvalue weighted by Crippen LogP contribution is 2.15. The van der Waals surface area contributed by atoms with Crippen LogP contribution in [0.2, 0.25) is 0 Å². The molecule has 1 heterocycles. The van der Waals surface area contributed by atoms with Crippen LogP contribution in [0.3, 0.4) is 0 Å².